The molecular formula is C14H22N2O. The Morgan fingerprint density at radius 3 is 2.24 bits per heavy atom. The molecule has 0 aromatic heterocycles. The maximum Gasteiger partial charge on any atom is 0.0808 e. The van der Waals surface area contributed by atoms with E-state index in [1.165, 1.54) is 5.69 Å². The van der Waals surface area contributed by atoms with Crippen molar-refractivity contribution in [1.29, 1.82) is 0 Å². The minimum Gasteiger partial charge on any atom is -0.399 e. The highest BCUT2D eigenvalue weighted by Gasteiger charge is 2.38. The maximum atomic E-state index is 6.07. The van der Waals surface area contributed by atoms with Crippen molar-refractivity contribution < 1.29 is 4.74 Å². The van der Waals surface area contributed by atoms with Crippen molar-refractivity contribution in [2.24, 2.45) is 0 Å². The summed E-state index contributed by atoms with van der Waals surface area (Å²) in [6, 6.07) is 8.05. The van der Waals surface area contributed by atoms with Gasteiger partial charge in [0.15, 0.2) is 0 Å². The first-order chi connectivity index (χ1) is 7.77. The molecule has 3 nitrogen and oxygen atoms in total. The Kier molecular flexibility index (Phi) is 2.82. The minimum absolute atomic E-state index is 0.133. The quantitative estimate of drug-likeness (QED) is 0.759. The van der Waals surface area contributed by atoms with Crippen LogP contribution in [0.15, 0.2) is 24.3 Å². The molecular weight excluding hydrogens is 212 g/mol. The highest BCUT2D eigenvalue weighted by Crippen LogP contribution is 2.31. The van der Waals surface area contributed by atoms with Gasteiger partial charge < -0.3 is 15.4 Å². The summed E-state index contributed by atoms with van der Waals surface area (Å²) < 4.78 is 6.07. The molecule has 1 aliphatic rings. The van der Waals surface area contributed by atoms with Gasteiger partial charge in [-0.25, -0.2) is 0 Å². The molecule has 0 aliphatic carbocycles. The molecule has 1 heterocycles. The number of hydrogen-bond donors (Lipinski definition) is 1. The van der Waals surface area contributed by atoms with Gasteiger partial charge in [-0.2, -0.15) is 0 Å². The molecule has 0 atom stereocenters. The van der Waals surface area contributed by atoms with Crippen LogP contribution in [0.1, 0.15) is 27.7 Å². The number of hydrogen-bond acceptors (Lipinski definition) is 3. The molecule has 3 heteroatoms. The number of ether oxygens (including phenoxy) is 1. The van der Waals surface area contributed by atoms with Crippen LogP contribution in [0.3, 0.4) is 0 Å². The molecule has 0 saturated carbocycles. The fraction of sp³-hybridized carbons (Fsp3) is 0.571. The number of anilines is 2. The average Bonchev–Trinajstić information content (AvgIpc) is 2.12. The van der Waals surface area contributed by atoms with Gasteiger partial charge in [0.1, 0.15) is 0 Å². The van der Waals surface area contributed by atoms with Gasteiger partial charge in [-0.1, -0.05) is 6.07 Å². The van der Waals surface area contributed by atoms with E-state index in [2.05, 4.69) is 38.7 Å². The van der Waals surface area contributed by atoms with Crippen molar-refractivity contribution in [1.82, 2.24) is 0 Å². The molecule has 1 aromatic rings. The van der Waals surface area contributed by atoms with Crippen LogP contribution >= 0.6 is 0 Å². The second-order valence-corrected chi connectivity index (χ2v) is 6.07. The zero-order valence-corrected chi connectivity index (χ0v) is 11.2. The second kappa shape index (κ2) is 3.91. The molecule has 94 valence electrons. The van der Waals surface area contributed by atoms with Crippen LogP contribution in [0.2, 0.25) is 0 Å². The van der Waals surface area contributed by atoms with Crippen LogP contribution in [-0.2, 0) is 4.74 Å². The average molecular weight is 234 g/mol. The Labute approximate surface area is 104 Å². The van der Waals surface area contributed by atoms with E-state index in [1.807, 2.05) is 18.2 Å². The summed E-state index contributed by atoms with van der Waals surface area (Å²) in [5.41, 5.74) is 7.56. The zero-order valence-electron chi connectivity index (χ0n) is 11.2. The standard InChI is InChI=1S/C14H22N2O/c1-13(2)9-16(10-14(3,4)17-13)12-7-5-6-11(15)8-12/h5-8H,9-10,15H2,1-4H3. The fourth-order valence-electron chi connectivity index (χ4n) is 2.69. The van der Waals surface area contributed by atoms with E-state index in [0.29, 0.717) is 0 Å². The Bertz CT molecular complexity index is 396. The summed E-state index contributed by atoms with van der Waals surface area (Å²) in [5.74, 6) is 0. The fourth-order valence-corrected chi connectivity index (χ4v) is 2.69. The van der Waals surface area contributed by atoms with Crippen LogP contribution in [-0.4, -0.2) is 24.3 Å². The zero-order chi connectivity index (χ0) is 12.7. The first-order valence-corrected chi connectivity index (χ1v) is 6.08. The first-order valence-electron chi connectivity index (χ1n) is 6.08. The summed E-state index contributed by atoms with van der Waals surface area (Å²) >= 11 is 0. The van der Waals surface area contributed by atoms with Crippen molar-refractivity contribution in [3.05, 3.63) is 24.3 Å². The number of nitrogens with zero attached hydrogens (tertiary/aromatic N) is 1. The van der Waals surface area contributed by atoms with E-state index in [4.69, 9.17) is 10.5 Å². The molecule has 17 heavy (non-hydrogen) atoms. The first kappa shape index (κ1) is 12.2. The lowest BCUT2D eigenvalue weighted by molar-refractivity contribution is -0.133. The second-order valence-electron chi connectivity index (χ2n) is 6.07. The van der Waals surface area contributed by atoms with Crippen LogP contribution in [0.5, 0.6) is 0 Å². The van der Waals surface area contributed by atoms with Gasteiger partial charge in [-0.3, -0.25) is 0 Å². The van der Waals surface area contributed by atoms with Gasteiger partial charge in [0.25, 0.3) is 0 Å². The Hall–Kier alpha value is -1.22. The molecule has 1 saturated heterocycles. The van der Waals surface area contributed by atoms with Crippen LogP contribution in [0, 0.1) is 0 Å². The Morgan fingerprint density at radius 2 is 1.71 bits per heavy atom. The van der Waals surface area contributed by atoms with E-state index < -0.39 is 0 Å². The highest BCUT2D eigenvalue weighted by atomic mass is 16.5. The summed E-state index contributed by atoms with van der Waals surface area (Å²) in [5, 5.41) is 0. The molecule has 1 aromatic carbocycles. The topological polar surface area (TPSA) is 38.5 Å². The third-order valence-corrected chi connectivity index (χ3v) is 2.93. The lowest BCUT2D eigenvalue weighted by Crippen LogP contribution is -2.57. The van der Waals surface area contributed by atoms with Crippen molar-refractivity contribution in [2.45, 2.75) is 38.9 Å². The van der Waals surface area contributed by atoms with Gasteiger partial charge in [0.05, 0.1) is 11.2 Å². The van der Waals surface area contributed by atoms with Gasteiger partial charge in [-0.15, -0.1) is 0 Å². The maximum absolute atomic E-state index is 6.07. The van der Waals surface area contributed by atoms with E-state index in [9.17, 15) is 0 Å². The number of nitrogen functional groups attached to an aromatic ring is 1. The van der Waals surface area contributed by atoms with Gasteiger partial charge in [0.2, 0.25) is 0 Å². The summed E-state index contributed by atoms with van der Waals surface area (Å²) in [4.78, 5) is 2.35. The van der Waals surface area contributed by atoms with Crippen LogP contribution in [0.4, 0.5) is 11.4 Å². The predicted octanol–water partition coefficient (Wildman–Crippen LogP) is 2.66. The summed E-state index contributed by atoms with van der Waals surface area (Å²) in [6.45, 7) is 10.3. The molecule has 1 fully saturated rings. The van der Waals surface area contributed by atoms with Crippen LogP contribution < -0.4 is 10.6 Å². The van der Waals surface area contributed by atoms with Gasteiger partial charge in [-0.05, 0) is 45.9 Å². The lowest BCUT2D eigenvalue weighted by Gasteiger charge is -2.48. The smallest absolute Gasteiger partial charge is 0.0808 e. The van der Waals surface area contributed by atoms with Gasteiger partial charge >= 0.3 is 0 Å². The van der Waals surface area contributed by atoms with Crippen molar-refractivity contribution in [3.63, 3.8) is 0 Å². The molecule has 2 rings (SSSR count). The van der Waals surface area contributed by atoms with Crippen molar-refractivity contribution >= 4 is 11.4 Å². The molecule has 1 aliphatic heterocycles. The number of morpholine rings is 1. The Balaban J connectivity index is 2.27. The normalized spacial score (nSPS) is 22.5. The monoisotopic (exact) mass is 234 g/mol. The van der Waals surface area contributed by atoms with Crippen LogP contribution in [0.25, 0.3) is 0 Å². The van der Waals surface area contributed by atoms with Gasteiger partial charge in [0, 0.05) is 24.5 Å². The lowest BCUT2D eigenvalue weighted by atomic mass is 9.98. The van der Waals surface area contributed by atoms with Crippen molar-refractivity contribution in [3.8, 4) is 0 Å². The SMILES string of the molecule is CC1(C)CN(c2cccc(N)c2)CC(C)(C)O1. The Morgan fingerprint density at radius 1 is 1.12 bits per heavy atom. The number of rotatable bonds is 1. The molecule has 0 spiro atoms. The highest BCUT2D eigenvalue weighted by molar-refractivity contribution is 5.56. The van der Waals surface area contributed by atoms with Crippen molar-refractivity contribution in [2.75, 3.05) is 23.7 Å². The van der Waals surface area contributed by atoms with E-state index >= 15 is 0 Å². The van der Waals surface area contributed by atoms with E-state index in [1.54, 1.807) is 0 Å². The molecule has 0 unspecified atom stereocenters. The number of nitrogens with two attached hydrogens (primary N) is 1. The van der Waals surface area contributed by atoms with E-state index in [0.717, 1.165) is 18.8 Å². The third-order valence-electron chi connectivity index (χ3n) is 2.93. The number of benzene rings is 1. The minimum atomic E-state index is -0.133. The predicted molar refractivity (Wildman–Crippen MR) is 72.3 cm³/mol. The van der Waals surface area contributed by atoms with E-state index in [-0.39, 0.29) is 11.2 Å². The molecule has 2 N–H and O–H groups in total. The molecule has 0 amide bonds. The molecule has 0 radical (unpaired) electrons. The molecule has 0 bridgehead atoms. The summed E-state index contributed by atoms with van der Waals surface area (Å²) in [7, 11) is 0. The largest absolute Gasteiger partial charge is 0.399 e. The summed E-state index contributed by atoms with van der Waals surface area (Å²) in [6.07, 6.45) is 0. The third kappa shape index (κ3) is 2.91.